The van der Waals surface area contributed by atoms with Crippen LogP contribution < -0.4 is 5.73 Å². The Bertz CT molecular complexity index is 615. The average molecular weight is 298 g/mol. The highest BCUT2D eigenvalue weighted by molar-refractivity contribution is 5.66. The minimum Gasteiger partial charge on any atom is -0.395 e. The van der Waals surface area contributed by atoms with Gasteiger partial charge in [0.15, 0.2) is 0 Å². The van der Waals surface area contributed by atoms with Crippen molar-refractivity contribution in [2.45, 2.75) is 25.3 Å². The van der Waals surface area contributed by atoms with Gasteiger partial charge in [0.1, 0.15) is 0 Å². The molecule has 0 unspecified atom stereocenters. The fourth-order valence-corrected chi connectivity index (χ4v) is 3.20. The number of aliphatic hydroxyl groups excluding tert-OH is 1. The lowest BCUT2D eigenvalue weighted by atomic mass is 9.94. The molecule has 0 bridgehead atoms. The number of nitrogens with two attached hydrogens (primary N) is 1. The molecule has 0 saturated carbocycles. The minimum absolute atomic E-state index is 0.164. The van der Waals surface area contributed by atoms with Crippen LogP contribution in [0.3, 0.4) is 0 Å². The molecule has 1 atom stereocenters. The number of nitrogens with zero attached hydrogens (tertiary/aromatic N) is 3. The number of β-amino-alcohol motifs (C(OH)–C–C–N with tert-alkyl or cyclic N) is 1. The first-order valence-electron chi connectivity index (χ1n) is 7.82. The van der Waals surface area contributed by atoms with Gasteiger partial charge in [-0.3, -0.25) is 4.90 Å². The van der Waals surface area contributed by atoms with Crippen molar-refractivity contribution in [3.8, 4) is 11.1 Å². The molecule has 5 heteroatoms. The van der Waals surface area contributed by atoms with E-state index in [0.717, 1.165) is 36.2 Å². The lowest BCUT2D eigenvalue weighted by molar-refractivity contribution is 0.115. The smallest absolute Gasteiger partial charge is 0.220 e. The molecule has 1 fully saturated rings. The Morgan fingerprint density at radius 2 is 2.05 bits per heavy atom. The van der Waals surface area contributed by atoms with E-state index in [9.17, 15) is 5.11 Å². The van der Waals surface area contributed by atoms with Gasteiger partial charge in [-0.25, -0.2) is 9.97 Å². The Hall–Kier alpha value is -1.98. The number of benzene rings is 1. The molecule has 116 valence electrons. The van der Waals surface area contributed by atoms with Crippen LogP contribution in [0.4, 0.5) is 5.95 Å². The summed E-state index contributed by atoms with van der Waals surface area (Å²) in [5.41, 5.74) is 8.96. The van der Waals surface area contributed by atoms with Crippen LogP contribution in [0.2, 0.25) is 0 Å². The average Bonchev–Trinajstić information content (AvgIpc) is 2.56. The van der Waals surface area contributed by atoms with Crippen LogP contribution in [0.15, 0.2) is 36.5 Å². The largest absolute Gasteiger partial charge is 0.395 e. The van der Waals surface area contributed by atoms with Crippen molar-refractivity contribution in [2.75, 3.05) is 25.4 Å². The summed E-state index contributed by atoms with van der Waals surface area (Å²) in [6.45, 7) is 1.82. The van der Waals surface area contributed by atoms with Crippen molar-refractivity contribution in [3.63, 3.8) is 0 Å². The summed E-state index contributed by atoms with van der Waals surface area (Å²) in [7, 11) is 0. The molecule has 1 aliphatic heterocycles. The molecule has 1 aromatic carbocycles. The molecule has 3 N–H and O–H groups in total. The van der Waals surface area contributed by atoms with Crippen LogP contribution in [0.1, 0.15) is 31.0 Å². The highest BCUT2D eigenvalue weighted by Gasteiger charge is 2.27. The van der Waals surface area contributed by atoms with E-state index in [0.29, 0.717) is 12.5 Å². The zero-order chi connectivity index (χ0) is 15.4. The molecular formula is C17H22N4O. The van der Waals surface area contributed by atoms with E-state index in [1.165, 1.54) is 6.42 Å². The molecule has 22 heavy (non-hydrogen) atoms. The second-order valence-electron chi connectivity index (χ2n) is 5.66. The van der Waals surface area contributed by atoms with Crippen LogP contribution in [0.5, 0.6) is 0 Å². The zero-order valence-electron chi connectivity index (χ0n) is 12.7. The van der Waals surface area contributed by atoms with Gasteiger partial charge in [0.25, 0.3) is 0 Å². The Morgan fingerprint density at radius 1 is 1.23 bits per heavy atom. The number of likely N-dealkylation sites (tertiary alicyclic amines) is 1. The molecule has 1 aromatic heterocycles. The predicted molar refractivity (Wildman–Crippen MR) is 87.1 cm³/mol. The van der Waals surface area contributed by atoms with E-state index >= 15 is 0 Å². The van der Waals surface area contributed by atoms with Crippen molar-refractivity contribution in [3.05, 3.63) is 42.2 Å². The lowest BCUT2D eigenvalue weighted by Crippen LogP contribution is -2.36. The van der Waals surface area contributed by atoms with E-state index in [-0.39, 0.29) is 12.6 Å². The van der Waals surface area contributed by atoms with Gasteiger partial charge in [0.05, 0.1) is 18.3 Å². The van der Waals surface area contributed by atoms with Crippen LogP contribution in [0.25, 0.3) is 11.1 Å². The van der Waals surface area contributed by atoms with Crippen molar-refractivity contribution < 1.29 is 5.11 Å². The monoisotopic (exact) mass is 298 g/mol. The van der Waals surface area contributed by atoms with Gasteiger partial charge in [0, 0.05) is 18.3 Å². The lowest BCUT2D eigenvalue weighted by Gasteiger charge is -2.35. The predicted octanol–water partition coefficient (Wildman–Crippen LogP) is 2.25. The van der Waals surface area contributed by atoms with Gasteiger partial charge in [-0.2, -0.15) is 0 Å². The van der Waals surface area contributed by atoms with Crippen LogP contribution in [0, 0.1) is 0 Å². The van der Waals surface area contributed by atoms with Crippen molar-refractivity contribution >= 4 is 5.95 Å². The minimum atomic E-state index is 0.164. The second-order valence-corrected chi connectivity index (χ2v) is 5.66. The molecular weight excluding hydrogens is 276 g/mol. The quantitative estimate of drug-likeness (QED) is 0.905. The van der Waals surface area contributed by atoms with Crippen LogP contribution in [-0.2, 0) is 0 Å². The van der Waals surface area contributed by atoms with Crippen molar-refractivity contribution in [1.82, 2.24) is 14.9 Å². The summed E-state index contributed by atoms with van der Waals surface area (Å²) in [5.74, 6) is 0.309. The molecule has 3 rings (SSSR count). The molecule has 5 nitrogen and oxygen atoms in total. The maximum absolute atomic E-state index is 9.33. The zero-order valence-corrected chi connectivity index (χ0v) is 12.7. The van der Waals surface area contributed by atoms with Crippen molar-refractivity contribution in [2.24, 2.45) is 0 Å². The number of rotatable bonds is 4. The van der Waals surface area contributed by atoms with E-state index in [2.05, 4.69) is 27.0 Å². The standard InChI is InChI=1S/C17H22N4O/c18-17-19-12-14(13-6-2-1-3-7-13)16(20-17)15-8-4-5-9-21(15)10-11-22/h1-3,6-7,12,15,22H,4-5,8-11H2,(H2,18,19,20)/t15-/m0/s1. The van der Waals surface area contributed by atoms with Gasteiger partial charge < -0.3 is 10.8 Å². The van der Waals surface area contributed by atoms with Gasteiger partial charge in [-0.1, -0.05) is 36.8 Å². The number of piperidine rings is 1. The number of aliphatic hydroxyl groups is 1. The Kier molecular flexibility index (Phi) is 4.65. The summed E-state index contributed by atoms with van der Waals surface area (Å²) in [6.07, 6.45) is 5.19. The Labute approximate surface area is 130 Å². The van der Waals surface area contributed by atoms with E-state index in [1.807, 2.05) is 24.4 Å². The number of hydrogen-bond donors (Lipinski definition) is 2. The van der Waals surface area contributed by atoms with E-state index < -0.39 is 0 Å². The molecule has 0 radical (unpaired) electrons. The van der Waals surface area contributed by atoms with Gasteiger partial charge >= 0.3 is 0 Å². The third kappa shape index (κ3) is 3.10. The summed E-state index contributed by atoms with van der Waals surface area (Å²) in [5, 5.41) is 9.33. The first kappa shape index (κ1) is 14.9. The first-order valence-corrected chi connectivity index (χ1v) is 7.82. The summed E-state index contributed by atoms with van der Waals surface area (Å²) >= 11 is 0. The van der Waals surface area contributed by atoms with Crippen LogP contribution in [-0.4, -0.2) is 39.7 Å². The van der Waals surface area contributed by atoms with Gasteiger partial charge in [-0.05, 0) is 24.9 Å². The van der Waals surface area contributed by atoms with Crippen LogP contribution >= 0.6 is 0 Å². The Balaban J connectivity index is 2.03. The molecule has 0 amide bonds. The van der Waals surface area contributed by atoms with Crippen molar-refractivity contribution in [1.29, 1.82) is 0 Å². The topological polar surface area (TPSA) is 75.3 Å². The molecule has 1 aliphatic rings. The molecule has 0 aliphatic carbocycles. The Morgan fingerprint density at radius 3 is 2.82 bits per heavy atom. The third-order valence-corrected chi connectivity index (χ3v) is 4.24. The normalized spacial score (nSPS) is 19.2. The highest BCUT2D eigenvalue weighted by atomic mass is 16.3. The third-order valence-electron chi connectivity index (χ3n) is 4.24. The maximum Gasteiger partial charge on any atom is 0.220 e. The number of nitrogen functional groups attached to an aromatic ring is 1. The fourth-order valence-electron chi connectivity index (χ4n) is 3.20. The highest BCUT2D eigenvalue weighted by Crippen LogP contribution is 2.35. The number of anilines is 1. The van der Waals surface area contributed by atoms with Gasteiger partial charge in [-0.15, -0.1) is 0 Å². The molecule has 1 saturated heterocycles. The number of aromatic nitrogens is 2. The second kappa shape index (κ2) is 6.85. The van der Waals surface area contributed by atoms with E-state index in [4.69, 9.17) is 5.73 Å². The summed E-state index contributed by atoms with van der Waals surface area (Å²) < 4.78 is 0. The molecule has 2 aromatic rings. The summed E-state index contributed by atoms with van der Waals surface area (Å²) in [6, 6.07) is 10.4. The SMILES string of the molecule is Nc1ncc(-c2ccccc2)c([C@@H]2CCCCN2CCO)n1. The molecule has 2 heterocycles. The maximum atomic E-state index is 9.33. The van der Waals surface area contributed by atoms with Gasteiger partial charge in [0.2, 0.25) is 5.95 Å². The first-order chi connectivity index (χ1) is 10.8. The van der Waals surface area contributed by atoms with E-state index in [1.54, 1.807) is 0 Å². The molecule has 0 spiro atoms. The number of hydrogen-bond acceptors (Lipinski definition) is 5. The summed E-state index contributed by atoms with van der Waals surface area (Å²) in [4.78, 5) is 11.0. The fraction of sp³-hybridized carbons (Fsp3) is 0.412.